The Morgan fingerprint density at radius 1 is 1.39 bits per heavy atom. The largest absolute Gasteiger partial charge is 0.292 e. The minimum absolute atomic E-state index is 0.256. The zero-order valence-corrected chi connectivity index (χ0v) is 11.6. The molecule has 3 nitrogen and oxygen atoms in total. The second-order valence-electron chi connectivity index (χ2n) is 5.72. The van der Waals surface area contributed by atoms with Crippen molar-refractivity contribution in [2.45, 2.75) is 64.8 Å². The Balaban J connectivity index is 1.89. The normalized spacial score (nSPS) is 17.3. The number of aromatic nitrogens is 2. The van der Waals surface area contributed by atoms with Gasteiger partial charge in [-0.1, -0.05) is 32.1 Å². The molecule has 0 radical (unpaired) electrons. The van der Waals surface area contributed by atoms with E-state index in [4.69, 9.17) is 0 Å². The van der Waals surface area contributed by atoms with E-state index in [-0.39, 0.29) is 11.8 Å². The number of carbonyl (C=O) groups excluding carboxylic acids is 1. The van der Waals surface area contributed by atoms with E-state index >= 15 is 0 Å². The van der Waals surface area contributed by atoms with Crippen molar-refractivity contribution in [1.29, 1.82) is 0 Å². The van der Waals surface area contributed by atoms with Gasteiger partial charge in [-0.05, 0) is 32.3 Å². The van der Waals surface area contributed by atoms with Crippen LogP contribution < -0.4 is 0 Å². The maximum absolute atomic E-state index is 12.2. The van der Waals surface area contributed by atoms with Crippen molar-refractivity contribution in [3.63, 3.8) is 0 Å². The van der Waals surface area contributed by atoms with Crippen LogP contribution in [0.25, 0.3) is 0 Å². The lowest BCUT2D eigenvalue weighted by Crippen LogP contribution is -2.14. The Labute approximate surface area is 110 Å². The van der Waals surface area contributed by atoms with Crippen LogP contribution in [0.5, 0.6) is 0 Å². The third kappa shape index (κ3) is 3.21. The number of ketones is 1. The highest BCUT2D eigenvalue weighted by atomic mass is 16.1. The van der Waals surface area contributed by atoms with Crippen molar-refractivity contribution in [3.05, 3.63) is 18.0 Å². The molecule has 18 heavy (non-hydrogen) atoms. The first-order chi connectivity index (χ1) is 8.68. The Hall–Kier alpha value is -1.12. The van der Waals surface area contributed by atoms with Crippen molar-refractivity contribution >= 4 is 5.78 Å². The summed E-state index contributed by atoms with van der Waals surface area (Å²) < 4.78 is 1.84. The van der Waals surface area contributed by atoms with Crippen LogP contribution in [0.4, 0.5) is 0 Å². The van der Waals surface area contributed by atoms with Gasteiger partial charge in [0.05, 0.1) is 0 Å². The maximum atomic E-state index is 12.2. The molecule has 0 unspecified atom stereocenters. The molecule has 0 saturated heterocycles. The second-order valence-corrected chi connectivity index (χ2v) is 5.72. The Morgan fingerprint density at radius 2 is 2.11 bits per heavy atom. The Bertz CT molecular complexity index is 389. The summed E-state index contributed by atoms with van der Waals surface area (Å²) in [4.78, 5) is 12.2. The number of nitrogens with zero attached hydrogens (tertiary/aromatic N) is 2. The molecule has 1 fully saturated rings. The van der Waals surface area contributed by atoms with E-state index in [1.807, 2.05) is 10.7 Å². The fraction of sp³-hybridized carbons (Fsp3) is 0.733. The Kier molecular flexibility index (Phi) is 4.56. The summed E-state index contributed by atoms with van der Waals surface area (Å²) in [6.45, 7) is 4.12. The minimum Gasteiger partial charge on any atom is -0.292 e. The van der Waals surface area contributed by atoms with E-state index in [2.05, 4.69) is 18.9 Å². The molecule has 1 saturated carbocycles. The summed E-state index contributed by atoms with van der Waals surface area (Å²) >= 11 is 0. The van der Waals surface area contributed by atoms with Crippen LogP contribution in [0.3, 0.4) is 0 Å². The van der Waals surface area contributed by atoms with Gasteiger partial charge in [0, 0.05) is 18.7 Å². The van der Waals surface area contributed by atoms with Gasteiger partial charge in [-0.25, -0.2) is 0 Å². The first kappa shape index (κ1) is 13.3. The molecule has 0 spiro atoms. The van der Waals surface area contributed by atoms with Crippen molar-refractivity contribution in [1.82, 2.24) is 9.78 Å². The molecule has 1 aliphatic rings. The first-order valence-electron chi connectivity index (χ1n) is 7.25. The van der Waals surface area contributed by atoms with Gasteiger partial charge >= 0.3 is 0 Å². The molecule has 2 rings (SSSR count). The van der Waals surface area contributed by atoms with Gasteiger partial charge in [-0.3, -0.25) is 9.48 Å². The number of Topliss-reactive ketones (excluding diaryl/α,β-unsaturated/α-hetero) is 1. The van der Waals surface area contributed by atoms with Crippen LogP contribution in [0, 0.1) is 5.92 Å². The molecule has 0 N–H and O–H groups in total. The van der Waals surface area contributed by atoms with Crippen LogP contribution in [0.1, 0.15) is 75.3 Å². The fourth-order valence-corrected chi connectivity index (χ4v) is 2.89. The average molecular weight is 248 g/mol. The van der Waals surface area contributed by atoms with Crippen molar-refractivity contribution < 1.29 is 4.79 Å². The first-order valence-corrected chi connectivity index (χ1v) is 7.25. The fourth-order valence-electron chi connectivity index (χ4n) is 2.89. The molecule has 1 aliphatic carbocycles. The number of hydrogen-bond donors (Lipinski definition) is 0. The molecule has 0 aromatic carbocycles. The third-order valence-corrected chi connectivity index (χ3v) is 3.95. The topological polar surface area (TPSA) is 34.9 Å². The third-order valence-electron chi connectivity index (χ3n) is 3.95. The number of hydrogen-bond acceptors (Lipinski definition) is 2. The predicted octanol–water partition coefficient (Wildman–Crippen LogP) is 4.01. The summed E-state index contributed by atoms with van der Waals surface area (Å²) in [5.41, 5.74) is 0.779. The van der Waals surface area contributed by atoms with Crippen molar-refractivity contribution in [2.75, 3.05) is 0 Å². The molecule has 1 heterocycles. The lowest BCUT2D eigenvalue weighted by atomic mass is 9.85. The predicted molar refractivity (Wildman–Crippen MR) is 72.8 cm³/mol. The van der Waals surface area contributed by atoms with E-state index in [0.29, 0.717) is 6.42 Å². The average Bonchev–Trinajstić information content (AvgIpc) is 2.86. The van der Waals surface area contributed by atoms with E-state index in [1.165, 1.54) is 32.1 Å². The standard InChI is InChI=1S/C15H24N2O/c1-12(2)17-14(10-11-16-17)15(18)9-8-13-6-4-3-5-7-13/h10-13H,3-9H2,1-2H3. The van der Waals surface area contributed by atoms with Gasteiger partial charge < -0.3 is 0 Å². The number of rotatable bonds is 5. The van der Waals surface area contributed by atoms with E-state index < -0.39 is 0 Å². The van der Waals surface area contributed by atoms with E-state index in [1.54, 1.807) is 6.20 Å². The van der Waals surface area contributed by atoms with Gasteiger partial charge in [0.1, 0.15) is 5.69 Å². The summed E-state index contributed by atoms with van der Waals surface area (Å²) in [6.07, 6.45) is 10.2. The lowest BCUT2D eigenvalue weighted by molar-refractivity contribution is 0.0958. The molecule has 3 heteroatoms. The SMILES string of the molecule is CC(C)n1nccc1C(=O)CCC1CCCCC1. The second kappa shape index (κ2) is 6.17. The highest BCUT2D eigenvalue weighted by molar-refractivity contribution is 5.94. The number of carbonyl (C=O) groups is 1. The highest BCUT2D eigenvalue weighted by Gasteiger charge is 2.18. The molecule has 0 amide bonds. The molecule has 0 bridgehead atoms. The molecule has 1 aromatic rings. The van der Waals surface area contributed by atoms with Crippen LogP contribution in [-0.2, 0) is 0 Å². The van der Waals surface area contributed by atoms with Gasteiger partial charge in [-0.15, -0.1) is 0 Å². The monoisotopic (exact) mass is 248 g/mol. The lowest BCUT2D eigenvalue weighted by Gasteiger charge is -2.21. The molecule has 1 aromatic heterocycles. The van der Waals surface area contributed by atoms with E-state index in [9.17, 15) is 4.79 Å². The molecule has 0 aliphatic heterocycles. The zero-order valence-electron chi connectivity index (χ0n) is 11.6. The van der Waals surface area contributed by atoms with Gasteiger partial charge in [-0.2, -0.15) is 5.10 Å². The highest BCUT2D eigenvalue weighted by Crippen LogP contribution is 2.27. The molecular weight excluding hydrogens is 224 g/mol. The molecular formula is C15H24N2O. The van der Waals surface area contributed by atoms with Gasteiger partial charge in [0.2, 0.25) is 0 Å². The maximum Gasteiger partial charge on any atom is 0.180 e. The van der Waals surface area contributed by atoms with Crippen LogP contribution in [-0.4, -0.2) is 15.6 Å². The summed E-state index contributed by atoms with van der Waals surface area (Å²) in [6, 6.07) is 2.11. The van der Waals surface area contributed by atoms with Crippen molar-refractivity contribution in [3.8, 4) is 0 Å². The van der Waals surface area contributed by atoms with Gasteiger partial charge in [0.25, 0.3) is 0 Å². The summed E-state index contributed by atoms with van der Waals surface area (Å²) in [5.74, 6) is 1.03. The summed E-state index contributed by atoms with van der Waals surface area (Å²) in [5, 5.41) is 4.23. The summed E-state index contributed by atoms with van der Waals surface area (Å²) in [7, 11) is 0. The van der Waals surface area contributed by atoms with E-state index in [0.717, 1.165) is 18.0 Å². The van der Waals surface area contributed by atoms with Crippen LogP contribution >= 0.6 is 0 Å². The molecule has 100 valence electrons. The van der Waals surface area contributed by atoms with Gasteiger partial charge in [0.15, 0.2) is 5.78 Å². The quantitative estimate of drug-likeness (QED) is 0.738. The molecule has 0 atom stereocenters. The Morgan fingerprint density at radius 3 is 2.78 bits per heavy atom. The zero-order chi connectivity index (χ0) is 13.0. The minimum atomic E-state index is 0.256. The van der Waals surface area contributed by atoms with Crippen molar-refractivity contribution in [2.24, 2.45) is 5.92 Å². The van der Waals surface area contributed by atoms with Crippen LogP contribution in [0.2, 0.25) is 0 Å². The van der Waals surface area contributed by atoms with Crippen LogP contribution in [0.15, 0.2) is 12.3 Å². The smallest absolute Gasteiger partial charge is 0.180 e.